The standard InChI is InChI=1S/C23H23FN2O5S/c1-25-20-11-17(24)9-16-10-19(22(28)12-18(16)20)21(27)8-14-4-6-15(7-5-14)23(29)13-32(30,31)26(2)3/h4-7,9-11,25H,8,12-13H2,1-3H3. The lowest BCUT2D eigenvalue weighted by Crippen LogP contribution is -2.29. The van der Waals surface area contributed by atoms with Gasteiger partial charge >= 0.3 is 0 Å². The summed E-state index contributed by atoms with van der Waals surface area (Å²) in [5, 5.41) is 2.86. The Kier molecular flexibility index (Phi) is 6.71. The van der Waals surface area contributed by atoms with E-state index < -0.39 is 33.2 Å². The van der Waals surface area contributed by atoms with Crippen LogP contribution in [0.4, 0.5) is 10.1 Å². The summed E-state index contributed by atoms with van der Waals surface area (Å²) in [4.78, 5) is 37.5. The molecule has 32 heavy (non-hydrogen) atoms. The lowest BCUT2D eigenvalue weighted by Gasteiger charge is -2.18. The van der Waals surface area contributed by atoms with Gasteiger partial charge in [0.2, 0.25) is 10.0 Å². The van der Waals surface area contributed by atoms with Crippen LogP contribution in [0.3, 0.4) is 0 Å². The summed E-state index contributed by atoms with van der Waals surface area (Å²) in [7, 11) is 0.663. The topological polar surface area (TPSA) is 101 Å². The van der Waals surface area contributed by atoms with E-state index >= 15 is 0 Å². The molecular weight excluding hydrogens is 435 g/mol. The molecule has 2 aromatic carbocycles. The van der Waals surface area contributed by atoms with Gasteiger partial charge in [0.25, 0.3) is 0 Å². The number of rotatable bonds is 8. The summed E-state index contributed by atoms with van der Waals surface area (Å²) < 4.78 is 38.6. The minimum Gasteiger partial charge on any atom is -0.388 e. The van der Waals surface area contributed by atoms with Crippen LogP contribution in [0.5, 0.6) is 0 Å². The first-order valence-electron chi connectivity index (χ1n) is 9.82. The molecule has 168 valence electrons. The molecule has 0 bridgehead atoms. The maximum absolute atomic E-state index is 13.9. The molecule has 3 rings (SSSR count). The van der Waals surface area contributed by atoms with Crippen LogP contribution in [0.1, 0.15) is 27.0 Å². The Morgan fingerprint density at radius 1 is 1.09 bits per heavy atom. The molecule has 1 aliphatic rings. The highest BCUT2D eigenvalue weighted by molar-refractivity contribution is 7.89. The zero-order valence-corrected chi connectivity index (χ0v) is 18.8. The highest BCUT2D eigenvalue weighted by atomic mass is 32.2. The molecule has 9 heteroatoms. The normalized spacial score (nSPS) is 13.5. The molecule has 0 aliphatic heterocycles. The van der Waals surface area contributed by atoms with Gasteiger partial charge in [0.15, 0.2) is 17.3 Å². The van der Waals surface area contributed by atoms with Crippen LogP contribution in [0, 0.1) is 5.82 Å². The number of anilines is 1. The van der Waals surface area contributed by atoms with Crippen LogP contribution in [0.25, 0.3) is 6.08 Å². The highest BCUT2D eigenvalue weighted by Gasteiger charge is 2.26. The van der Waals surface area contributed by atoms with Crippen LogP contribution >= 0.6 is 0 Å². The van der Waals surface area contributed by atoms with E-state index in [-0.39, 0.29) is 29.8 Å². The number of hydrogen-bond acceptors (Lipinski definition) is 6. The maximum Gasteiger partial charge on any atom is 0.221 e. The second-order valence-corrected chi connectivity index (χ2v) is 9.87. The first kappa shape index (κ1) is 23.5. The van der Waals surface area contributed by atoms with Gasteiger partial charge < -0.3 is 5.32 Å². The minimum atomic E-state index is -3.67. The van der Waals surface area contributed by atoms with Gasteiger partial charge in [0.1, 0.15) is 11.6 Å². The Hall–Kier alpha value is -3.17. The summed E-state index contributed by atoms with van der Waals surface area (Å²) in [6, 6.07) is 8.60. The van der Waals surface area contributed by atoms with Gasteiger partial charge in [-0.3, -0.25) is 14.4 Å². The van der Waals surface area contributed by atoms with Crippen LogP contribution in [-0.2, 0) is 32.5 Å². The third-order valence-corrected chi connectivity index (χ3v) is 7.01. The molecule has 1 N–H and O–H groups in total. The number of fused-ring (bicyclic) bond motifs is 1. The zero-order chi connectivity index (χ0) is 23.6. The molecule has 0 radical (unpaired) electrons. The highest BCUT2D eigenvalue weighted by Crippen LogP contribution is 2.30. The fourth-order valence-electron chi connectivity index (χ4n) is 3.40. The van der Waals surface area contributed by atoms with E-state index in [1.807, 2.05) is 0 Å². The number of nitrogens with zero attached hydrogens (tertiary/aromatic N) is 1. The van der Waals surface area contributed by atoms with E-state index in [0.717, 1.165) is 4.31 Å². The SMILES string of the molecule is CNc1cc(F)cc2c1CC(=O)C(C(=O)Cc1ccc(C(=O)CS(=O)(=O)N(C)C)cc1)=C2. The molecule has 0 atom stereocenters. The van der Waals surface area contributed by atoms with E-state index in [0.29, 0.717) is 22.4 Å². The van der Waals surface area contributed by atoms with E-state index in [1.54, 1.807) is 19.2 Å². The second kappa shape index (κ2) is 9.13. The number of carbonyl (C=O) groups is 3. The van der Waals surface area contributed by atoms with Crippen molar-refractivity contribution in [2.75, 3.05) is 32.2 Å². The van der Waals surface area contributed by atoms with Gasteiger partial charge in [-0.05, 0) is 34.9 Å². The molecular formula is C23H23FN2O5S. The predicted octanol–water partition coefficient (Wildman–Crippen LogP) is 2.26. The van der Waals surface area contributed by atoms with E-state index in [9.17, 15) is 27.2 Å². The Balaban J connectivity index is 1.77. The van der Waals surface area contributed by atoms with Crippen molar-refractivity contribution >= 4 is 39.1 Å². The van der Waals surface area contributed by atoms with Crippen molar-refractivity contribution in [1.29, 1.82) is 0 Å². The largest absolute Gasteiger partial charge is 0.388 e. The number of carbonyl (C=O) groups excluding carboxylic acids is 3. The van der Waals surface area contributed by atoms with Gasteiger partial charge in [0.05, 0.1) is 5.57 Å². The Morgan fingerprint density at radius 2 is 1.75 bits per heavy atom. The Bertz CT molecular complexity index is 1230. The van der Waals surface area contributed by atoms with E-state index in [2.05, 4.69) is 5.32 Å². The second-order valence-electron chi connectivity index (χ2n) is 7.69. The van der Waals surface area contributed by atoms with Crippen LogP contribution in [0.2, 0.25) is 0 Å². The van der Waals surface area contributed by atoms with Crippen LogP contribution in [-0.4, -0.2) is 57.0 Å². The van der Waals surface area contributed by atoms with Crippen molar-refractivity contribution < 1.29 is 27.2 Å². The van der Waals surface area contributed by atoms with Crippen molar-refractivity contribution in [1.82, 2.24) is 4.31 Å². The molecule has 0 fully saturated rings. The summed E-state index contributed by atoms with van der Waals surface area (Å²) in [5.41, 5.74) is 2.42. The van der Waals surface area contributed by atoms with Crippen molar-refractivity contribution in [3.8, 4) is 0 Å². The zero-order valence-electron chi connectivity index (χ0n) is 17.9. The first-order chi connectivity index (χ1) is 15.0. The lowest BCUT2D eigenvalue weighted by molar-refractivity contribution is -0.120. The van der Waals surface area contributed by atoms with Crippen LogP contribution < -0.4 is 5.32 Å². The number of allylic oxidation sites excluding steroid dienone is 1. The Morgan fingerprint density at radius 3 is 2.34 bits per heavy atom. The van der Waals surface area contributed by atoms with E-state index in [4.69, 9.17) is 0 Å². The third kappa shape index (κ3) is 5.00. The van der Waals surface area contributed by atoms with Gasteiger partial charge in [-0.15, -0.1) is 0 Å². The predicted molar refractivity (Wildman–Crippen MR) is 120 cm³/mol. The Labute approximate surface area is 186 Å². The number of nitrogens with one attached hydrogen (secondary N) is 1. The minimum absolute atomic E-state index is 0.00221. The molecule has 0 aromatic heterocycles. The average molecular weight is 459 g/mol. The number of halogens is 1. The molecule has 0 unspecified atom stereocenters. The monoisotopic (exact) mass is 458 g/mol. The third-order valence-electron chi connectivity index (χ3n) is 5.27. The number of hydrogen-bond donors (Lipinski definition) is 1. The first-order valence-corrected chi connectivity index (χ1v) is 11.4. The summed E-state index contributed by atoms with van der Waals surface area (Å²) >= 11 is 0. The molecule has 0 amide bonds. The fourth-order valence-corrected chi connectivity index (χ4v) is 4.16. The molecule has 0 saturated carbocycles. The molecule has 0 spiro atoms. The van der Waals surface area contributed by atoms with Gasteiger partial charge in [0, 0.05) is 45.2 Å². The van der Waals surface area contributed by atoms with Crippen molar-refractivity contribution in [3.63, 3.8) is 0 Å². The average Bonchev–Trinajstić information content (AvgIpc) is 2.73. The maximum atomic E-state index is 13.9. The van der Waals surface area contributed by atoms with Gasteiger partial charge in [-0.25, -0.2) is 17.1 Å². The van der Waals surface area contributed by atoms with Crippen molar-refractivity contribution in [2.24, 2.45) is 0 Å². The summed E-state index contributed by atoms with van der Waals surface area (Å²) in [5.74, 6) is -2.43. The van der Waals surface area contributed by atoms with Gasteiger partial charge in [-0.2, -0.15) is 0 Å². The number of ketones is 3. The molecule has 0 saturated heterocycles. The van der Waals surface area contributed by atoms with Crippen LogP contribution in [0.15, 0.2) is 42.0 Å². The quantitative estimate of drug-likeness (QED) is 0.481. The van der Waals surface area contributed by atoms with Crippen molar-refractivity contribution in [2.45, 2.75) is 12.8 Å². The lowest BCUT2D eigenvalue weighted by atomic mass is 9.86. The van der Waals surface area contributed by atoms with Crippen molar-refractivity contribution in [3.05, 3.63) is 70.0 Å². The smallest absolute Gasteiger partial charge is 0.221 e. The van der Waals surface area contributed by atoms with Gasteiger partial charge in [-0.1, -0.05) is 24.3 Å². The molecule has 1 aliphatic carbocycles. The number of benzene rings is 2. The molecule has 7 nitrogen and oxygen atoms in total. The van der Waals surface area contributed by atoms with E-state index in [1.165, 1.54) is 44.4 Å². The number of Topliss-reactive ketones (excluding diaryl/α,β-unsaturated/α-hetero) is 3. The molecule has 2 aromatic rings. The summed E-state index contributed by atoms with van der Waals surface area (Å²) in [6.45, 7) is 0. The molecule has 0 heterocycles. The number of sulfonamides is 1. The fraction of sp³-hybridized carbons (Fsp3) is 0.261. The summed E-state index contributed by atoms with van der Waals surface area (Å²) in [6.07, 6.45) is 1.33.